The van der Waals surface area contributed by atoms with E-state index >= 15 is 0 Å². The van der Waals surface area contributed by atoms with E-state index in [1.54, 1.807) is 30.5 Å². The second kappa shape index (κ2) is 8.00. The maximum absolute atomic E-state index is 11.6. The number of hydrogen-bond donors (Lipinski definition) is 1. The zero-order valence-corrected chi connectivity index (χ0v) is 13.9. The summed E-state index contributed by atoms with van der Waals surface area (Å²) in [5.74, 6) is 1.22. The first-order valence-corrected chi connectivity index (χ1v) is 8.13. The normalized spacial score (nSPS) is 12.4. The van der Waals surface area contributed by atoms with Crippen molar-refractivity contribution in [3.8, 4) is 5.75 Å². The largest absolute Gasteiger partial charge is 0.491 e. The van der Waals surface area contributed by atoms with E-state index in [4.69, 9.17) is 18.3 Å². The Morgan fingerprint density at radius 3 is 2.84 bits per heavy atom. The number of rotatable bonds is 8. The highest BCUT2D eigenvalue weighted by Gasteiger charge is 2.09. The van der Waals surface area contributed by atoms with Crippen molar-refractivity contribution in [3.63, 3.8) is 0 Å². The second-order valence-electron chi connectivity index (χ2n) is 5.66. The Kier molecular flexibility index (Phi) is 5.53. The fourth-order valence-corrected chi connectivity index (χ4v) is 2.52. The standard InChI is InChI=1S/C19H20O6/c1-2-13-8-19(21)25-18-9-15(5-6-17(13)18)24-11-14(20)10-22-12-16-4-3-7-23-16/h3-9,14,20H,2,10-12H2,1H3. The van der Waals surface area contributed by atoms with Crippen LogP contribution in [0.5, 0.6) is 5.75 Å². The molecule has 132 valence electrons. The van der Waals surface area contributed by atoms with Gasteiger partial charge >= 0.3 is 5.63 Å². The summed E-state index contributed by atoms with van der Waals surface area (Å²) in [6.07, 6.45) is 1.54. The molecule has 1 N–H and O–H groups in total. The van der Waals surface area contributed by atoms with Crippen LogP contribution in [0.15, 0.2) is 56.3 Å². The van der Waals surface area contributed by atoms with Gasteiger partial charge in [-0.15, -0.1) is 0 Å². The van der Waals surface area contributed by atoms with E-state index in [2.05, 4.69) is 0 Å². The van der Waals surface area contributed by atoms with Crippen molar-refractivity contribution in [2.75, 3.05) is 13.2 Å². The second-order valence-corrected chi connectivity index (χ2v) is 5.66. The van der Waals surface area contributed by atoms with Gasteiger partial charge in [-0.25, -0.2) is 4.79 Å². The van der Waals surface area contributed by atoms with Crippen LogP contribution >= 0.6 is 0 Å². The van der Waals surface area contributed by atoms with Crippen molar-refractivity contribution in [1.29, 1.82) is 0 Å². The van der Waals surface area contributed by atoms with Gasteiger partial charge in [0, 0.05) is 17.5 Å². The van der Waals surface area contributed by atoms with Crippen molar-refractivity contribution >= 4 is 11.0 Å². The predicted molar refractivity (Wildman–Crippen MR) is 91.7 cm³/mol. The summed E-state index contributed by atoms with van der Waals surface area (Å²) in [5.41, 5.74) is 1.03. The summed E-state index contributed by atoms with van der Waals surface area (Å²) in [6.45, 7) is 2.48. The molecule has 6 nitrogen and oxygen atoms in total. The minimum absolute atomic E-state index is 0.0708. The molecule has 1 unspecified atom stereocenters. The molecule has 3 rings (SSSR count). The number of furan rings is 1. The number of aliphatic hydroxyl groups excluding tert-OH is 1. The molecule has 0 fully saturated rings. The Morgan fingerprint density at radius 2 is 2.08 bits per heavy atom. The van der Waals surface area contributed by atoms with Gasteiger partial charge in [-0.3, -0.25) is 0 Å². The lowest BCUT2D eigenvalue weighted by Gasteiger charge is -2.13. The minimum Gasteiger partial charge on any atom is -0.491 e. The summed E-state index contributed by atoms with van der Waals surface area (Å²) < 4.78 is 21.3. The van der Waals surface area contributed by atoms with E-state index in [1.807, 2.05) is 13.0 Å². The van der Waals surface area contributed by atoms with Gasteiger partial charge in [0.25, 0.3) is 0 Å². The van der Waals surface area contributed by atoms with Crippen LogP contribution in [-0.4, -0.2) is 24.4 Å². The Hall–Kier alpha value is -2.57. The lowest BCUT2D eigenvalue weighted by Crippen LogP contribution is -2.23. The van der Waals surface area contributed by atoms with Gasteiger partial charge in [0.05, 0.1) is 12.9 Å². The molecule has 0 aliphatic carbocycles. The van der Waals surface area contributed by atoms with Gasteiger partial charge in [-0.05, 0) is 36.2 Å². The maximum atomic E-state index is 11.6. The molecule has 3 aromatic rings. The average Bonchev–Trinajstić information content (AvgIpc) is 3.12. The van der Waals surface area contributed by atoms with Crippen LogP contribution in [0.2, 0.25) is 0 Å². The summed E-state index contributed by atoms with van der Waals surface area (Å²) in [6, 6.07) is 10.4. The number of fused-ring (bicyclic) bond motifs is 1. The van der Waals surface area contributed by atoms with Gasteiger partial charge in [0.1, 0.15) is 36.4 Å². The summed E-state index contributed by atoms with van der Waals surface area (Å²) in [5, 5.41) is 10.8. The molecular weight excluding hydrogens is 324 g/mol. The topological polar surface area (TPSA) is 82.0 Å². The van der Waals surface area contributed by atoms with Crippen LogP contribution in [0.3, 0.4) is 0 Å². The Morgan fingerprint density at radius 1 is 1.20 bits per heavy atom. The molecule has 2 aromatic heterocycles. The highest BCUT2D eigenvalue weighted by atomic mass is 16.5. The molecule has 0 radical (unpaired) electrons. The third-order valence-corrected chi connectivity index (χ3v) is 3.76. The smallest absolute Gasteiger partial charge is 0.336 e. The maximum Gasteiger partial charge on any atom is 0.336 e. The Labute approximate surface area is 144 Å². The zero-order valence-electron chi connectivity index (χ0n) is 13.9. The first kappa shape index (κ1) is 17.3. The van der Waals surface area contributed by atoms with Gasteiger partial charge in [0.15, 0.2) is 0 Å². The highest BCUT2D eigenvalue weighted by Crippen LogP contribution is 2.23. The number of aryl methyl sites for hydroxylation is 1. The van der Waals surface area contributed by atoms with Gasteiger partial charge in [-0.1, -0.05) is 6.92 Å². The quantitative estimate of drug-likeness (QED) is 0.633. The Balaban J connectivity index is 1.56. The van der Waals surface area contributed by atoms with Crippen LogP contribution in [-0.2, 0) is 17.8 Å². The van der Waals surface area contributed by atoms with Crippen molar-refractivity contribution in [3.05, 3.63) is 64.4 Å². The molecule has 2 heterocycles. The first-order chi connectivity index (χ1) is 12.2. The molecule has 0 spiro atoms. The molecule has 0 amide bonds. The van der Waals surface area contributed by atoms with E-state index in [0.717, 1.165) is 17.4 Å². The summed E-state index contributed by atoms with van der Waals surface area (Å²) in [4.78, 5) is 11.6. The highest BCUT2D eigenvalue weighted by molar-refractivity contribution is 5.81. The number of benzene rings is 1. The lowest BCUT2D eigenvalue weighted by molar-refractivity contribution is 0.000888. The minimum atomic E-state index is -0.778. The molecule has 25 heavy (non-hydrogen) atoms. The number of ether oxygens (including phenoxy) is 2. The molecule has 1 aromatic carbocycles. The van der Waals surface area contributed by atoms with Crippen molar-refractivity contribution in [1.82, 2.24) is 0 Å². The van der Waals surface area contributed by atoms with Crippen LogP contribution in [0.25, 0.3) is 11.0 Å². The van der Waals surface area contributed by atoms with Crippen molar-refractivity contribution < 1.29 is 23.4 Å². The average molecular weight is 344 g/mol. The van der Waals surface area contributed by atoms with E-state index in [1.165, 1.54) is 6.07 Å². The van der Waals surface area contributed by atoms with Gasteiger partial charge < -0.3 is 23.4 Å². The molecule has 0 saturated heterocycles. The predicted octanol–water partition coefficient (Wildman–Crippen LogP) is 2.90. The lowest BCUT2D eigenvalue weighted by atomic mass is 10.1. The number of hydrogen-bond acceptors (Lipinski definition) is 6. The van der Waals surface area contributed by atoms with Gasteiger partial charge in [-0.2, -0.15) is 0 Å². The van der Waals surface area contributed by atoms with Crippen LogP contribution < -0.4 is 10.4 Å². The Bertz CT molecular complexity index is 865. The molecule has 0 saturated carbocycles. The fourth-order valence-electron chi connectivity index (χ4n) is 2.52. The fraction of sp³-hybridized carbons (Fsp3) is 0.316. The molecular formula is C19H20O6. The third kappa shape index (κ3) is 4.49. The van der Waals surface area contributed by atoms with Crippen LogP contribution in [0.4, 0.5) is 0 Å². The van der Waals surface area contributed by atoms with E-state index in [9.17, 15) is 9.90 Å². The molecule has 6 heteroatoms. The number of aliphatic hydroxyl groups is 1. The third-order valence-electron chi connectivity index (χ3n) is 3.76. The van der Waals surface area contributed by atoms with E-state index in [0.29, 0.717) is 23.7 Å². The SMILES string of the molecule is CCc1cc(=O)oc2cc(OCC(O)COCc3ccco3)ccc12. The van der Waals surface area contributed by atoms with Crippen molar-refractivity contribution in [2.45, 2.75) is 26.1 Å². The summed E-state index contributed by atoms with van der Waals surface area (Å²) >= 11 is 0. The van der Waals surface area contributed by atoms with E-state index in [-0.39, 0.29) is 18.8 Å². The first-order valence-electron chi connectivity index (χ1n) is 8.13. The monoisotopic (exact) mass is 344 g/mol. The van der Waals surface area contributed by atoms with Gasteiger partial charge in [0.2, 0.25) is 0 Å². The molecule has 0 aliphatic heterocycles. The van der Waals surface area contributed by atoms with Crippen LogP contribution in [0, 0.1) is 0 Å². The van der Waals surface area contributed by atoms with E-state index < -0.39 is 6.10 Å². The molecule has 0 bridgehead atoms. The molecule has 0 aliphatic rings. The molecule has 1 atom stereocenters. The van der Waals surface area contributed by atoms with Crippen molar-refractivity contribution in [2.24, 2.45) is 0 Å². The summed E-state index contributed by atoms with van der Waals surface area (Å²) in [7, 11) is 0. The van der Waals surface area contributed by atoms with Crippen LogP contribution in [0.1, 0.15) is 18.2 Å². The zero-order chi connectivity index (χ0) is 17.6.